The van der Waals surface area contributed by atoms with Gasteiger partial charge in [-0.3, -0.25) is 4.79 Å². The molecule has 5 nitrogen and oxygen atoms in total. The van der Waals surface area contributed by atoms with Crippen molar-refractivity contribution in [2.75, 3.05) is 23.9 Å². The van der Waals surface area contributed by atoms with E-state index in [1.165, 1.54) is 6.92 Å². The summed E-state index contributed by atoms with van der Waals surface area (Å²) >= 11 is 1.08. The van der Waals surface area contributed by atoms with Crippen LogP contribution in [0.5, 0.6) is 0 Å². The van der Waals surface area contributed by atoms with Crippen LogP contribution in [0.3, 0.4) is 0 Å². The Morgan fingerprint density at radius 3 is 2.37 bits per heavy atom. The molecule has 0 radical (unpaired) electrons. The van der Waals surface area contributed by atoms with Crippen molar-refractivity contribution in [3.8, 4) is 0 Å². The molecule has 0 saturated carbocycles. The number of hydrogen-bond donors (Lipinski definition) is 2. The van der Waals surface area contributed by atoms with Crippen LogP contribution in [0.25, 0.3) is 0 Å². The molecule has 0 unspecified atom stereocenters. The summed E-state index contributed by atoms with van der Waals surface area (Å²) in [6.07, 6.45) is 3.01. The summed E-state index contributed by atoms with van der Waals surface area (Å²) < 4.78 is 23.5. The molecule has 0 aliphatic heterocycles. The molecule has 0 saturated heterocycles. The second kappa shape index (κ2) is 5.75. The van der Waals surface area contributed by atoms with Gasteiger partial charge < -0.3 is 11.1 Å². The van der Waals surface area contributed by atoms with Crippen molar-refractivity contribution in [3.63, 3.8) is 0 Å². The number of nitrogen functional groups attached to an aromatic ring is 1. The Bertz CT molecular complexity index is 624. The van der Waals surface area contributed by atoms with Gasteiger partial charge in [0.25, 0.3) is 0 Å². The lowest BCUT2D eigenvalue weighted by Crippen LogP contribution is -2.06. The molecule has 0 aromatic carbocycles. The Labute approximate surface area is 117 Å². The summed E-state index contributed by atoms with van der Waals surface area (Å²) in [7, 11) is -3.48. The summed E-state index contributed by atoms with van der Waals surface area (Å²) in [4.78, 5) is 11.7. The molecule has 0 aliphatic carbocycles. The van der Waals surface area contributed by atoms with Crippen LogP contribution in [-0.2, 0) is 9.84 Å². The molecular formula is C12H18N2O3S2. The van der Waals surface area contributed by atoms with Crippen molar-refractivity contribution in [3.05, 3.63) is 16.5 Å². The molecule has 0 spiro atoms. The van der Waals surface area contributed by atoms with Crippen LogP contribution in [0.4, 0.5) is 10.7 Å². The van der Waals surface area contributed by atoms with E-state index in [9.17, 15) is 13.2 Å². The van der Waals surface area contributed by atoms with E-state index in [0.29, 0.717) is 11.5 Å². The Hall–Kier alpha value is -1.34. The number of rotatable bonds is 5. The molecule has 1 heterocycles. The van der Waals surface area contributed by atoms with Gasteiger partial charge in [-0.2, -0.15) is 0 Å². The van der Waals surface area contributed by atoms with E-state index in [-0.39, 0.29) is 21.2 Å². The van der Waals surface area contributed by atoms with Crippen molar-refractivity contribution in [2.24, 2.45) is 0 Å². The van der Waals surface area contributed by atoms with Crippen LogP contribution < -0.4 is 11.1 Å². The predicted molar refractivity (Wildman–Crippen MR) is 79.8 cm³/mol. The Balaban J connectivity index is 3.27. The van der Waals surface area contributed by atoms with Crippen LogP contribution in [-0.4, -0.2) is 27.0 Å². The van der Waals surface area contributed by atoms with Crippen LogP contribution in [0.1, 0.15) is 30.4 Å². The van der Waals surface area contributed by atoms with Gasteiger partial charge in [-0.15, -0.1) is 11.3 Å². The molecule has 0 bridgehead atoms. The number of sulfone groups is 1. The number of ketones is 1. The lowest BCUT2D eigenvalue weighted by Gasteiger charge is -2.04. The van der Waals surface area contributed by atoms with E-state index in [1.807, 2.05) is 19.9 Å². The van der Waals surface area contributed by atoms with Gasteiger partial charge >= 0.3 is 0 Å². The molecule has 106 valence electrons. The highest BCUT2D eigenvalue weighted by molar-refractivity contribution is 7.91. The quantitative estimate of drug-likeness (QED) is 0.643. The number of carbonyl (C=O) groups excluding carboxylic acids is 1. The van der Waals surface area contributed by atoms with E-state index >= 15 is 0 Å². The zero-order valence-electron chi connectivity index (χ0n) is 11.4. The van der Waals surface area contributed by atoms with Crippen LogP contribution >= 0.6 is 11.3 Å². The maximum Gasteiger partial charge on any atom is 0.180 e. The van der Waals surface area contributed by atoms with Gasteiger partial charge in [0, 0.05) is 19.7 Å². The number of allylic oxidation sites excluding steroid dienone is 1. The monoisotopic (exact) mass is 302 g/mol. The van der Waals surface area contributed by atoms with Gasteiger partial charge in [0.15, 0.2) is 15.6 Å². The molecule has 1 aromatic rings. The number of carbonyl (C=O) groups is 1. The van der Waals surface area contributed by atoms with Gasteiger partial charge in [0.05, 0.1) is 10.6 Å². The molecule has 7 heteroatoms. The van der Waals surface area contributed by atoms with Crippen molar-refractivity contribution < 1.29 is 13.2 Å². The highest BCUT2D eigenvalue weighted by Gasteiger charge is 2.25. The molecule has 1 aromatic heterocycles. The predicted octanol–water partition coefficient (Wildman–Crippen LogP) is 2.31. The minimum atomic E-state index is -3.48. The van der Waals surface area contributed by atoms with E-state index in [0.717, 1.165) is 23.2 Å². The lowest BCUT2D eigenvalue weighted by molar-refractivity contribution is 0.102. The maximum absolute atomic E-state index is 11.8. The first-order valence-electron chi connectivity index (χ1n) is 5.65. The van der Waals surface area contributed by atoms with Crippen molar-refractivity contribution in [1.29, 1.82) is 0 Å². The Morgan fingerprint density at radius 2 is 1.95 bits per heavy atom. The topological polar surface area (TPSA) is 89.3 Å². The minimum absolute atomic E-state index is 0.0184. The molecule has 1 rings (SSSR count). The SMILES string of the molecule is CC(=O)c1sc(NCC=C(C)C)c(S(C)(=O)=O)c1N. The second-order valence-corrected chi connectivity index (χ2v) is 7.47. The first-order valence-corrected chi connectivity index (χ1v) is 8.36. The number of nitrogens with one attached hydrogen (secondary N) is 1. The first kappa shape index (κ1) is 15.7. The summed E-state index contributed by atoms with van der Waals surface area (Å²) in [6, 6.07) is 0. The fourth-order valence-corrected chi connectivity index (χ4v) is 3.99. The minimum Gasteiger partial charge on any atom is -0.396 e. The number of anilines is 2. The number of Topliss-reactive ketones (excluding diaryl/α,β-unsaturated/α-hetero) is 1. The summed E-state index contributed by atoms with van der Waals surface area (Å²) in [5, 5.41) is 3.42. The number of hydrogen-bond acceptors (Lipinski definition) is 6. The first-order chi connectivity index (χ1) is 8.64. The van der Waals surface area contributed by atoms with E-state index < -0.39 is 9.84 Å². The zero-order valence-corrected chi connectivity index (χ0v) is 13.0. The highest BCUT2D eigenvalue weighted by atomic mass is 32.2. The highest BCUT2D eigenvalue weighted by Crippen LogP contribution is 2.39. The molecule has 0 aliphatic rings. The average molecular weight is 302 g/mol. The van der Waals surface area contributed by atoms with Gasteiger partial charge in [-0.1, -0.05) is 11.6 Å². The van der Waals surface area contributed by atoms with Gasteiger partial charge in [0.2, 0.25) is 0 Å². The number of thiophene rings is 1. The van der Waals surface area contributed by atoms with E-state index in [2.05, 4.69) is 5.32 Å². The molecule has 3 N–H and O–H groups in total. The van der Waals surface area contributed by atoms with Crippen LogP contribution in [0.15, 0.2) is 16.5 Å². The summed E-state index contributed by atoms with van der Waals surface area (Å²) in [5.74, 6) is -0.234. The summed E-state index contributed by atoms with van der Waals surface area (Å²) in [6.45, 7) is 5.75. The van der Waals surface area contributed by atoms with Gasteiger partial charge in [-0.25, -0.2) is 8.42 Å². The van der Waals surface area contributed by atoms with Crippen molar-refractivity contribution in [2.45, 2.75) is 25.7 Å². The third kappa shape index (κ3) is 3.81. The van der Waals surface area contributed by atoms with Crippen molar-refractivity contribution >= 4 is 37.6 Å². The molecule has 0 fully saturated rings. The van der Waals surface area contributed by atoms with Crippen molar-refractivity contribution in [1.82, 2.24) is 0 Å². The zero-order chi connectivity index (χ0) is 14.8. The molecular weight excluding hydrogens is 284 g/mol. The fourth-order valence-electron chi connectivity index (χ4n) is 1.52. The van der Waals surface area contributed by atoms with Crippen LogP contribution in [0.2, 0.25) is 0 Å². The second-order valence-electron chi connectivity index (χ2n) is 4.49. The molecule has 0 atom stereocenters. The molecule has 0 amide bonds. The standard InChI is InChI=1S/C12H18N2O3S2/c1-7(2)5-6-14-12-11(19(4,16)17)9(13)10(18-12)8(3)15/h5,14H,6,13H2,1-4H3. The Morgan fingerprint density at radius 1 is 1.37 bits per heavy atom. The fraction of sp³-hybridized carbons (Fsp3) is 0.417. The van der Waals surface area contributed by atoms with Crippen LogP contribution in [0, 0.1) is 0 Å². The normalized spacial score (nSPS) is 11.2. The third-order valence-electron chi connectivity index (χ3n) is 2.36. The Kier molecular flexibility index (Phi) is 4.75. The maximum atomic E-state index is 11.8. The average Bonchev–Trinajstić information content (AvgIpc) is 2.54. The molecule has 19 heavy (non-hydrogen) atoms. The third-order valence-corrected chi connectivity index (χ3v) is 4.92. The number of nitrogens with two attached hydrogens (primary N) is 1. The smallest absolute Gasteiger partial charge is 0.180 e. The van der Waals surface area contributed by atoms with E-state index in [1.54, 1.807) is 0 Å². The van der Waals surface area contributed by atoms with E-state index in [4.69, 9.17) is 5.73 Å². The summed E-state index contributed by atoms with van der Waals surface area (Å²) in [5.41, 5.74) is 6.93. The van der Waals surface area contributed by atoms with Gasteiger partial charge in [0.1, 0.15) is 9.90 Å². The lowest BCUT2D eigenvalue weighted by atomic mass is 10.3. The largest absolute Gasteiger partial charge is 0.396 e. The van der Waals surface area contributed by atoms with Gasteiger partial charge in [-0.05, 0) is 13.8 Å².